The second kappa shape index (κ2) is 9.54. The third-order valence-electron chi connectivity index (χ3n) is 3.31. The number of ether oxygens (including phenoxy) is 2. The summed E-state index contributed by atoms with van der Waals surface area (Å²) in [7, 11) is 0. The van der Waals surface area contributed by atoms with Crippen molar-refractivity contribution < 1.29 is 13.9 Å². The van der Waals surface area contributed by atoms with Crippen molar-refractivity contribution in [3.05, 3.63) is 48.4 Å². The normalized spacial score (nSPS) is 10.5. The molecule has 1 aromatic heterocycles. The molecule has 5 heteroatoms. The zero-order valence-corrected chi connectivity index (χ0v) is 13.4. The summed E-state index contributed by atoms with van der Waals surface area (Å²) in [5.74, 6) is 2.55. The summed E-state index contributed by atoms with van der Waals surface area (Å²) < 4.78 is 16.5. The average molecular weight is 314 g/mol. The molecule has 122 valence electrons. The summed E-state index contributed by atoms with van der Waals surface area (Å²) in [6.07, 6.45) is 2.15. The Labute approximate surface area is 137 Å². The van der Waals surface area contributed by atoms with Gasteiger partial charge in [-0.1, -0.05) is 0 Å². The fourth-order valence-corrected chi connectivity index (χ4v) is 2.19. The molecule has 0 radical (unpaired) electrons. The molecule has 0 aliphatic carbocycles. The molecular formula is C18H22N2O3. The highest BCUT2D eigenvalue weighted by molar-refractivity contribution is 5.31. The van der Waals surface area contributed by atoms with Gasteiger partial charge in [0.2, 0.25) is 0 Å². The Morgan fingerprint density at radius 2 is 1.83 bits per heavy atom. The Bertz CT molecular complexity index is 588. The second-order valence-corrected chi connectivity index (χ2v) is 5.02. The van der Waals surface area contributed by atoms with Crippen LogP contribution in [0.15, 0.2) is 47.1 Å². The number of benzene rings is 1. The van der Waals surface area contributed by atoms with Crippen LogP contribution in [0.4, 0.5) is 0 Å². The van der Waals surface area contributed by atoms with Crippen LogP contribution in [0.2, 0.25) is 0 Å². The molecule has 0 fully saturated rings. The number of nitrogens with zero attached hydrogens (tertiary/aromatic N) is 2. The number of hydrogen-bond acceptors (Lipinski definition) is 5. The van der Waals surface area contributed by atoms with Gasteiger partial charge < -0.3 is 13.9 Å². The van der Waals surface area contributed by atoms with Gasteiger partial charge in [-0.05, 0) is 43.3 Å². The molecule has 5 nitrogen and oxygen atoms in total. The van der Waals surface area contributed by atoms with Gasteiger partial charge in [-0.15, -0.1) is 0 Å². The van der Waals surface area contributed by atoms with Crippen molar-refractivity contribution in [1.29, 1.82) is 5.26 Å². The zero-order chi connectivity index (χ0) is 16.3. The van der Waals surface area contributed by atoms with E-state index in [0.717, 1.165) is 23.8 Å². The van der Waals surface area contributed by atoms with E-state index in [1.807, 2.05) is 43.3 Å². The fourth-order valence-electron chi connectivity index (χ4n) is 2.19. The molecule has 0 atom stereocenters. The SMILES string of the molecule is CCOc1ccc(OCCN(CCC#N)Cc2ccco2)cc1. The van der Waals surface area contributed by atoms with Crippen molar-refractivity contribution in [2.24, 2.45) is 0 Å². The van der Waals surface area contributed by atoms with Crippen molar-refractivity contribution in [3.8, 4) is 17.6 Å². The van der Waals surface area contributed by atoms with Gasteiger partial charge in [0.05, 0.1) is 25.5 Å². The van der Waals surface area contributed by atoms with Crippen LogP contribution in [-0.2, 0) is 6.54 Å². The first-order chi connectivity index (χ1) is 11.3. The van der Waals surface area contributed by atoms with Crippen LogP contribution in [0.1, 0.15) is 19.1 Å². The van der Waals surface area contributed by atoms with E-state index in [9.17, 15) is 0 Å². The Balaban J connectivity index is 1.79. The number of furan rings is 1. The Morgan fingerprint density at radius 1 is 1.09 bits per heavy atom. The molecule has 0 spiro atoms. The summed E-state index contributed by atoms with van der Waals surface area (Å²) in [4.78, 5) is 2.15. The number of hydrogen-bond donors (Lipinski definition) is 0. The molecule has 0 amide bonds. The van der Waals surface area contributed by atoms with Crippen molar-refractivity contribution in [1.82, 2.24) is 4.90 Å². The van der Waals surface area contributed by atoms with E-state index in [-0.39, 0.29) is 0 Å². The Morgan fingerprint density at radius 3 is 2.43 bits per heavy atom. The first-order valence-electron chi connectivity index (χ1n) is 7.79. The maximum Gasteiger partial charge on any atom is 0.119 e. The summed E-state index contributed by atoms with van der Waals surface area (Å²) in [6, 6.07) is 13.6. The minimum Gasteiger partial charge on any atom is -0.494 e. The van der Waals surface area contributed by atoms with E-state index in [1.165, 1.54) is 0 Å². The molecule has 0 unspecified atom stereocenters. The van der Waals surface area contributed by atoms with Crippen LogP contribution in [-0.4, -0.2) is 31.2 Å². The van der Waals surface area contributed by atoms with Crippen LogP contribution in [0, 0.1) is 11.3 Å². The summed E-state index contributed by atoms with van der Waals surface area (Å²) >= 11 is 0. The minimum absolute atomic E-state index is 0.490. The van der Waals surface area contributed by atoms with Crippen molar-refractivity contribution in [2.45, 2.75) is 19.9 Å². The van der Waals surface area contributed by atoms with Crippen LogP contribution in [0.3, 0.4) is 0 Å². The molecule has 0 N–H and O–H groups in total. The molecule has 2 rings (SSSR count). The molecule has 23 heavy (non-hydrogen) atoms. The van der Waals surface area contributed by atoms with Gasteiger partial charge >= 0.3 is 0 Å². The summed E-state index contributed by atoms with van der Waals surface area (Å²) in [6.45, 7) is 5.28. The van der Waals surface area contributed by atoms with Crippen LogP contribution < -0.4 is 9.47 Å². The van der Waals surface area contributed by atoms with E-state index in [0.29, 0.717) is 32.7 Å². The van der Waals surface area contributed by atoms with E-state index < -0.39 is 0 Å². The average Bonchev–Trinajstić information content (AvgIpc) is 3.07. The predicted octanol–water partition coefficient (Wildman–Crippen LogP) is 3.47. The summed E-state index contributed by atoms with van der Waals surface area (Å²) in [5.41, 5.74) is 0. The monoisotopic (exact) mass is 314 g/mol. The third kappa shape index (κ3) is 6.05. The van der Waals surface area contributed by atoms with Crippen LogP contribution in [0.5, 0.6) is 11.5 Å². The lowest BCUT2D eigenvalue weighted by Gasteiger charge is -2.20. The lowest BCUT2D eigenvalue weighted by atomic mass is 10.3. The fraction of sp³-hybridized carbons (Fsp3) is 0.389. The van der Waals surface area contributed by atoms with E-state index in [1.54, 1.807) is 6.26 Å². The first-order valence-corrected chi connectivity index (χ1v) is 7.79. The Hall–Kier alpha value is -2.45. The second-order valence-electron chi connectivity index (χ2n) is 5.02. The van der Waals surface area contributed by atoms with Crippen LogP contribution in [0.25, 0.3) is 0 Å². The molecule has 1 heterocycles. The molecule has 0 aliphatic rings. The van der Waals surface area contributed by atoms with Crippen LogP contribution >= 0.6 is 0 Å². The molecule has 0 saturated heterocycles. The molecule has 1 aromatic carbocycles. The smallest absolute Gasteiger partial charge is 0.119 e. The maximum absolute atomic E-state index is 8.77. The quantitative estimate of drug-likeness (QED) is 0.672. The molecule has 2 aromatic rings. The van der Waals surface area contributed by atoms with Crippen molar-refractivity contribution in [3.63, 3.8) is 0 Å². The lowest BCUT2D eigenvalue weighted by Crippen LogP contribution is -2.28. The molecule has 0 bridgehead atoms. The van der Waals surface area contributed by atoms with Gasteiger partial charge in [-0.2, -0.15) is 5.26 Å². The predicted molar refractivity (Wildman–Crippen MR) is 87.3 cm³/mol. The molecule has 0 saturated carbocycles. The van der Waals surface area contributed by atoms with Gasteiger partial charge in [-0.25, -0.2) is 0 Å². The Kier molecular flexibility index (Phi) is 7.02. The third-order valence-corrected chi connectivity index (χ3v) is 3.31. The minimum atomic E-state index is 0.490. The zero-order valence-electron chi connectivity index (χ0n) is 13.4. The van der Waals surface area contributed by atoms with Gasteiger partial charge in [0.25, 0.3) is 0 Å². The van der Waals surface area contributed by atoms with E-state index >= 15 is 0 Å². The number of rotatable bonds is 10. The maximum atomic E-state index is 8.77. The highest BCUT2D eigenvalue weighted by atomic mass is 16.5. The standard InChI is InChI=1S/C18H22N2O3/c1-2-21-16-6-8-17(9-7-16)23-14-12-20(11-4-10-19)15-18-5-3-13-22-18/h3,5-9,13H,2,4,11-12,14-15H2,1H3. The van der Waals surface area contributed by atoms with Gasteiger partial charge in [0, 0.05) is 19.5 Å². The van der Waals surface area contributed by atoms with E-state index in [2.05, 4.69) is 11.0 Å². The highest BCUT2D eigenvalue weighted by Crippen LogP contribution is 2.17. The van der Waals surface area contributed by atoms with Gasteiger partial charge in [-0.3, -0.25) is 4.90 Å². The lowest BCUT2D eigenvalue weighted by molar-refractivity contribution is 0.195. The topological polar surface area (TPSA) is 58.6 Å². The summed E-state index contributed by atoms with van der Waals surface area (Å²) in [5, 5.41) is 8.77. The first kappa shape index (κ1) is 16.9. The van der Waals surface area contributed by atoms with Crippen molar-refractivity contribution >= 4 is 0 Å². The van der Waals surface area contributed by atoms with Gasteiger partial charge in [0.15, 0.2) is 0 Å². The van der Waals surface area contributed by atoms with Gasteiger partial charge in [0.1, 0.15) is 23.9 Å². The van der Waals surface area contributed by atoms with Crippen molar-refractivity contribution in [2.75, 3.05) is 26.3 Å². The molecular weight excluding hydrogens is 292 g/mol. The number of nitriles is 1. The highest BCUT2D eigenvalue weighted by Gasteiger charge is 2.08. The van der Waals surface area contributed by atoms with E-state index in [4.69, 9.17) is 19.2 Å². The largest absolute Gasteiger partial charge is 0.494 e. The molecule has 0 aliphatic heterocycles.